The zero-order chi connectivity index (χ0) is 14.4. The lowest BCUT2D eigenvalue weighted by atomic mass is 8.92. The van der Waals surface area contributed by atoms with Crippen molar-refractivity contribution in [2.24, 2.45) is 52.1 Å². The Morgan fingerprint density at radius 2 is 1.20 bits per heavy atom. The largest absolute Gasteiger partial charge is 0.369 e. The van der Waals surface area contributed by atoms with E-state index in [0.717, 1.165) is 0 Å². The summed E-state index contributed by atoms with van der Waals surface area (Å²) in [5, 5.41) is 0. The van der Waals surface area contributed by atoms with Crippen LogP contribution in [0.25, 0.3) is 0 Å². The lowest BCUT2D eigenvalue weighted by molar-refractivity contribution is -0.625. The van der Waals surface area contributed by atoms with Gasteiger partial charge in [0, 0.05) is 12.1 Å². The Labute approximate surface area is 119 Å². The molecular weight excluding hydrogens is 252 g/mol. The van der Waals surface area contributed by atoms with Gasteiger partial charge in [-0.1, -0.05) is 0 Å². The Kier molecular flexibility index (Phi) is 1.54. The highest BCUT2D eigenvalue weighted by Crippen LogP contribution is 3.10. The maximum absolute atomic E-state index is 13.1. The molecule has 6 aliphatic rings. The van der Waals surface area contributed by atoms with Gasteiger partial charge in [-0.05, 0) is 63.2 Å². The summed E-state index contributed by atoms with van der Waals surface area (Å²) in [7, 11) is 0. The maximum atomic E-state index is 13.1. The molecule has 0 aromatic heterocycles. The zero-order valence-electron chi connectivity index (χ0n) is 12.5. The molecule has 0 spiro atoms. The van der Waals surface area contributed by atoms with Crippen molar-refractivity contribution in [3.63, 3.8) is 0 Å². The summed E-state index contributed by atoms with van der Waals surface area (Å²) in [6.07, 6.45) is 0. The molecule has 0 aromatic rings. The van der Waals surface area contributed by atoms with E-state index in [1.807, 2.05) is 0 Å². The second-order valence-corrected chi connectivity index (χ2v) is 8.28. The van der Waals surface area contributed by atoms with Gasteiger partial charge in [0.25, 0.3) is 0 Å². The number of rotatable bonds is 4. The van der Waals surface area contributed by atoms with Crippen molar-refractivity contribution in [2.75, 3.05) is 0 Å². The number of hydrogen-bond donors (Lipinski definition) is 1. The highest BCUT2D eigenvalue weighted by Gasteiger charge is 3.12. The minimum absolute atomic E-state index is 0.0499. The monoisotopic (exact) mass is 274 g/mol. The minimum atomic E-state index is -0.136. The van der Waals surface area contributed by atoms with Gasteiger partial charge in [0.15, 0.2) is 0 Å². The predicted molar refractivity (Wildman–Crippen MR) is 72.1 cm³/mol. The second-order valence-electron chi connectivity index (χ2n) is 8.28. The van der Waals surface area contributed by atoms with Crippen LogP contribution in [-0.4, -0.2) is 28.8 Å². The standard InChI is InChI=1S/C16H22N2O2/c1-5(2)18(6(3)4)14(20)16-10-7-11(16)9-12(16)8(10)15(7,9)13(17)19/h5-12H,1-4H3,(H2,17,19). The Morgan fingerprint density at radius 3 is 1.50 bits per heavy atom. The molecule has 6 rings (SSSR count). The van der Waals surface area contributed by atoms with Crippen LogP contribution in [0.2, 0.25) is 0 Å². The van der Waals surface area contributed by atoms with Crippen LogP contribution in [0, 0.1) is 46.3 Å². The van der Waals surface area contributed by atoms with Crippen molar-refractivity contribution in [2.45, 2.75) is 39.8 Å². The molecule has 4 nitrogen and oxygen atoms in total. The number of nitrogens with zero attached hydrogens (tertiary/aromatic N) is 1. The van der Waals surface area contributed by atoms with Gasteiger partial charge in [-0.25, -0.2) is 0 Å². The van der Waals surface area contributed by atoms with Crippen LogP contribution in [0.4, 0.5) is 0 Å². The van der Waals surface area contributed by atoms with E-state index in [0.29, 0.717) is 41.4 Å². The number of carbonyl (C=O) groups is 2. The summed E-state index contributed by atoms with van der Waals surface area (Å²) < 4.78 is 0. The summed E-state index contributed by atoms with van der Waals surface area (Å²) in [4.78, 5) is 26.9. The Bertz CT molecular complexity index is 517. The van der Waals surface area contributed by atoms with E-state index in [1.165, 1.54) is 0 Å². The summed E-state index contributed by atoms with van der Waals surface area (Å²) in [5.74, 6) is 3.24. The van der Waals surface area contributed by atoms with Crippen molar-refractivity contribution >= 4 is 11.8 Å². The average molecular weight is 274 g/mol. The summed E-state index contributed by atoms with van der Waals surface area (Å²) >= 11 is 0. The molecule has 6 aliphatic carbocycles. The van der Waals surface area contributed by atoms with Gasteiger partial charge in [0.05, 0.1) is 10.8 Å². The second kappa shape index (κ2) is 2.67. The van der Waals surface area contributed by atoms with Gasteiger partial charge in [-0.3, -0.25) is 9.59 Å². The molecule has 0 radical (unpaired) electrons. The van der Waals surface area contributed by atoms with Crippen LogP contribution in [0.15, 0.2) is 0 Å². The molecule has 20 heavy (non-hydrogen) atoms. The van der Waals surface area contributed by atoms with Gasteiger partial charge in [0.2, 0.25) is 11.8 Å². The van der Waals surface area contributed by atoms with E-state index < -0.39 is 0 Å². The SMILES string of the molecule is CC(C)N(C(=O)C12C3C4C1C1C2C3C41C(N)=O)C(C)C. The van der Waals surface area contributed by atoms with E-state index in [-0.39, 0.29) is 28.8 Å². The van der Waals surface area contributed by atoms with Gasteiger partial charge in [-0.15, -0.1) is 0 Å². The molecule has 0 atom stereocenters. The number of hydrogen-bond acceptors (Lipinski definition) is 2. The Morgan fingerprint density at radius 1 is 0.850 bits per heavy atom. The van der Waals surface area contributed by atoms with Crippen molar-refractivity contribution in [1.29, 1.82) is 0 Å². The first-order valence-electron chi connectivity index (χ1n) is 7.98. The lowest BCUT2D eigenvalue weighted by Crippen LogP contribution is -3.12. The number of carbonyl (C=O) groups excluding carboxylic acids is 2. The summed E-state index contributed by atoms with van der Waals surface area (Å²) in [6, 6.07) is 0.515. The van der Waals surface area contributed by atoms with Crippen LogP contribution in [0.3, 0.4) is 0 Å². The molecular formula is C16H22N2O2. The van der Waals surface area contributed by atoms with Crippen LogP contribution >= 0.6 is 0 Å². The van der Waals surface area contributed by atoms with Gasteiger partial charge < -0.3 is 10.6 Å². The third kappa shape index (κ3) is 0.626. The average Bonchev–Trinajstić information content (AvgIpc) is 2.36. The van der Waals surface area contributed by atoms with Gasteiger partial charge in [0.1, 0.15) is 0 Å². The zero-order valence-corrected chi connectivity index (χ0v) is 12.5. The topological polar surface area (TPSA) is 63.4 Å². The molecule has 0 saturated heterocycles. The van der Waals surface area contributed by atoms with Crippen molar-refractivity contribution in [3.8, 4) is 0 Å². The molecule has 6 saturated carbocycles. The fraction of sp³-hybridized carbons (Fsp3) is 0.875. The lowest BCUT2D eigenvalue weighted by Gasteiger charge is -3.09. The van der Waals surface area contributed by atoms with E-state index in [2.05, 4.69) is 32.6 Å². The van der Waals surface area contributed by atoms with E-state index in [1.54, 1.807) is 0 Å². The minimum Gasteiger partial charge on any atom is -0.369 e. The number of primary amides is 1. The summed E-state index contributed by atoms with van der Waals surface area (Å²) in [5.41, 5.74) is 5.44. The van der Waals surface area contributed by atoms with Crippen molar-refractivity contribution in [1.82, 2.24) is 4.90 Å². The Hall–Kier alpha value is -1.06. The maximum Gasteiger partial charge on any atom is 0.230 e. The summed E-state index contributed by atoms with van der Waals surface area (Å²) in [6.45, 7) is 8.41. The first kappa shape index (κ1) is 11.6. The van der Waals surface area contributed by atoms with Crippen LogP contribution in [0.1, 0.15) is 27.7 Å². The number of nitrogens with two attached hydrogens (primary N) is 1. The van der Waals surface area contributed by atoms with Crippen molar-refractivity contribution < 1.29 is 9.59 Å². The van der Waals surface area contributed by atoms with E-state index in [4.69, 9.17) is 5.73 Å². The smallest absolute Gasteiger partial charge is 0.230 e. The van der Waals surface area contributed by atoms with Crippen LogP contribution in [-0.2, 0) is 9.59 Å². The molecule has 0 unspecified atom stereocenters. The molecule has 6 fully saturated rings. The van der Waals surface area contributed by atoms with E-state index >= 15 is 0 Å². The third-order valence-electron chi connectivity index (χ3n) is 7.78. The number of amides is 2. The van der Waals surface area contributed by atoms with Crippen LogP contribution < -0.4 is 5.73 Å². The van der Waals surface area contributed by atoms with Gasteiger partial charge in [-0.2, -0.15) is 0 Å². The fourth-order valence-electron chi connectivity index (χ4n) is 7.74. The van der Waals surface area contributed by atoms with Crippen LogP contribution in [0.5, 0.6) is 0 Å². The molecule has 2 N–H and O–H groups in total. The first-order valence-corrected chi connectivity index (χ1v) is 7.98. The molecule has 0 heterocycles. The molecule has 4 heteroatoms. The van der Waals surface area contributed by atoms with Crippen molar-refractivity contribution in [3.05, 3.63) is 0 Å². The molecule has 0 bridgehead atoms. The highest BCUT2D eigenvalue weighted by atomic mass is 16.2. The molecule has 108 valence electrons. The van der Waals surface area contributed by atoms with E-state index in [9.17, 15) is 9.59 Å². The normalized spacial score (nSPS) is 57.9. The Balaban J connectivity index is 1.46. The van der Waals surface area contributed by atoms with Gasteiger partial charge >= 0.3 is 0 Å². The molecule has 0 aromatic carbocycles. The quantitative estimate of drug-likeness (QED) is 0.826. The third-order valence-corrected chi connectivity index (χ3v) is 7.78. The molecule has 2 amide bonds. The molecule has 0 aliphatic heterocycles. The first-order chi connectivity index (χ1) is 9.35. The fourth-order valence-corrected chi connectivity index (χ4v) is 7.74. The predicted octanol–water partition coefficient (Wildman–Crippen LogP) is 0.855. The highest BCUT2D eigenvalue weighted by molar-refractivity contribution is 6.00.